The van der Waals surface area contributed by atoms with Gasteiger partial charge in [0.2, 0.25) is 0 Å². The van der Waals surface area contributed by atoms with Crippen LogP contribution in [0.3, 0.4) is 0 Å². The molecule has 0 spiro atoms. The Morgan fingerprint density at radius 2 is 1.81 bits per heavy atom. The Bertz CT molecular complexity index is 343. The standard InChI is InChI=1S/C13H18INO/c1-10-7-11(2)9-12(8-10)13(16)15-6-4-3-5-14/h7-9H,3-6H2,1-2H3,(H,15,16). The van der Waals surface area contributed by atoms with E-state index in [1.807, 2.05) is 26.0 Å². The van der Waals surface area contributed by atoms with E-state index in [0.717, 1.165) is 40.5 Å². The highest BCUT2D eigenvalue weighted by molar-refractivity contribution is 14.1. The van der Waals surface area contributed by atoms with Crippen molar-refractivity contribution in [2.45, 2.75) is 26.7 Å². The summed E-state index contributed by atoms with van der Waals surface area (Å²) in [5.41, 5.74) is 3.04. The lowest BCUT2D eigenvalue weighted by molar-refractivity contribution is 0.0953. The first-order chi connectivity index (χ1) is 7.63. The maximum atomic E-state index is 11.8. The van der Waals surface area contributed by atoms with Gasteiger partial charge >= 0.3 is 0 Å². The summed E-state index contributed by atoms with van der Waals surface area (Å²) in [5, 5.41) is 2.95. The third-order valence-corrected chi connectivity index (χ3v) is 3.09. The first-order valence-electron chi connectivity index (χ1n) is 5.56. The van der Waals surface area contributed by atoms with Gasteiger partial charge in [-0.15, -0.1) is 0 Å². The number of rotatable bonds is 5. The molecule has 0 fully saturated rings. The van der Waals surface area contributed by atoms with E-state index in [9.17, 15) is 4.79 Å². The Hall–Kier alpha value is -0.580. The van der Waals surface area contributed by atoms with Crippen LogP contribution in [0.5, 0.6) is 0 Å². The predicted octanol–water partition coefficient (Wildman–Crippen LogP) is 3.25. The molecule has 0 saturated heterocycles. The van der Waals surface area contributed by atoms with Crippen molar-refractivity contribution in [3.8, 4) is 0 Å². The molecule has 0 heterocycles. The molecule has 3 heteroatoms. The summed E-state index contributed by atoms with van der Waals surface area (Å²) in [4.78, 5) is 11.8. The second kappa shape index (κ2) is 6.89. The lowest BCUT2D eigenvalue weighted by Crippen LogP contribution is -2.24. The predicted molar refractivity (Wildman–Crippen MR) is 76.4 cm³/mol. The van der Waals surface area contributed by atoms with Gasteiger partial charge in [-0.2, -0.15) is 0 Å². The molecule has 1 amide bonds. The van der Waals surface area contributed by atoms with Crippen molar-refractivity contribution in [3.05, 3.63) is 34.9 Å². The van der Waals surface area contributed by atoms with Crippen molar-refractivity contribution in [1.29, 1.82) is 0 Å². The second-order valence-corrected chi connectivity index (χ2v) is 5.11. The third-order valence-electron chi connectivity index (χ3n) is 2.33. The van der Waals surface area contributed by atoms with Crippen LogP contribution < -0.4 is 5.32 Å². The highest BCUT2D eigenvalue weighted by atomic mass is 127. The van der Waals surface area contributed by atoms with Crippen molar-refractivity contribution in [3.63, 3.8) is 0 Å². The maximum Gasteiger partial charge on any atom is 0.251 e. The van der Waals surface area contributed by atoms with Crippen LogP contribution in [-0.2, 0) is 0 Å². The minimum atomic E-state index is 0.0419. The number of halogens is 1. The van der Waals surface area contributed by atoms with Crippen molar-refractivity contribution in [2.24, 2.45) is 0 Å². The fraction of sp³-hybridized carbons (Fsp3) is 0.462. The number of carbonyl (C=O) groups is 1. The van der Waals surface area contributed by atoms with Crippen LogP contribution in [0.2, 0.25) is 0 Å². The first kappa shape index (κ1) is 13.5. The van der Waals surface area contributed by atoms with E-state index in [2.05, 4.69) is 34.0 Å². The van der Waals surface area contributed by atoms with Gasteiger partial charge in [0.25, 0.3) is 5.91 Å². The maximum absolute atomic E-state index is 11.8. The van der Waals surface area contributed by atoms with E-state index in [1.165, 1.54) is 0 Å². The Morgan fingerprint density at radius 1 is 1.19 bits per heavy atom. The summed E-state index contributed by atoms with van der Waals surface area (Å²) in [5.74, 6) is 0.0419. The number of hydrogen-bond acceptors (Lipinski definition) is 1. The van der Waals surface area contributed by atoms with E-state index in [-0.39, 0.29) is 5.91 Å². The zero-order chi connectivity index (χ0) is 12.0. The van der Waals surface area contributed by atoms with Crippen molar-refractivity contribution in [1.82, 2.24) is 5.32 Å². The number of amides is 1. The average molecular weight is 331 g/mol. The van der Waals surface area contributed by atoms with Crippen molar-refractivity contribution >= 4 is 28.5 Å². The minimum Gasteiger partial charge on any atom is -0.352 e. The normalized spacial score (nSPS) is 10.2. The number of hydrogen-bond donors (Lipinski definition) is 1. The molecule has 0 unspecified atom stereocenters. The number of alkyl halides is 1. The Morgan fingerprint density at radius 3 is 2.38 bits per heavy atom. The molecule has 0 aliphatic heterocycles. The average Bonchev–Trinajstić information content (AvgIpc) is 2.22. The monoisotopic (exact) mass is 331 g/mol. The summed E-state index contributed by atoms with van der Waals surface area (Å²) in [6, 6.07) is 5.94. The Kier molecular flexibility index (Phi) is 5.80. The van der Waals surface area contributed by atoms with E-state index in [0.29, 0.717) is 0 Å². The van der Waals surface area contributed by atoms with Gasteiger partial charge < -0.3 is 5.32 Å². The zero-order valence-electron chi connectivity index (χ0n) is 9.85. The van der Waals surface area contributed by atoms with Gasteiger partial charge in [-0.3, -0.25) is 4.79 Å². The van der Waals surface area contributed by atoms with Gasteiger partial charge in [0.05, 0.1) is 0 Å². The van der Waals surface area contributed by atoms with Gasteiger partial charge in [-0.05, 0) is 43.2 Å². The van der Waals surface area contributed by atoms with Crippen LogP contribution in [0.1, 0.15) is 34.3 Å². The molecule has 0 bridgehead atoms. The first-order valence-corrected chi connectivity index (χ1v) is 7.08. The highest BCUT2D eigenvalue weighted by Crippen LogP contribution is 2.08. The summed E-state index contributed by atoms with van der Waals surface area (Å²) in [6.07, 6.45) is 2.22. The number of nitrogens with one attached hydrogen (secondary N) is 1. The van der Waals surface area contributed by atoms with Crippen LogP contribution in [0, 0.1) is 13.8 Å². The lowest BCUT2D eigenvalue weighted by atomic mass is 10.1. The number of aryl methyl sites for hydroxylation is 2. The summed E-state index contributed by atoms with van der Waals surface area (Å²) < 4.78 is 1.15. The molecule has 1 aromatic rings. The fourth-order valence-electron chi connectivity index (χ4n) is 1.63. The lowest BCUT2D eigenvalue weighted by Gasteiger charge is -2.06. The summed E-state index contributed by atoms with van der Waals surface area (Å²) in [6.45, 7) is 4.80. The molecule has 88 valence electrons. The summed E-state index contributed by atoms with van der Waals surface area (Å²) in [7, 11) is 0. The molecule has 0 saturated carbocycles. The number of carbonyl (C=O) groups excluding carboxylic acids is 1. The number of unbranched alkanes of at least 4 members (excludes halogenated alkanes) is 1. The zero-order valence-corrected chi connectivity index (χ0v) is 12.0. The fourth-order valence-corrected chi connectivity index (χ4v) is 2.17. The Labute approximate surface area is 111 Å². The van der Waals surface area contributed by atoms with E-state index < -0.39 is 0 Å². The quantitative estimate of drug-likeness (QED) is 0.501. The molecule has 1 aromatic carbocycles. The molecule has 1 N–H and O–H groups in total. The molecule has 0 aliphatic carbocycles. The third kappa shape index (κ3) is 4.51. The van der Waals surface area contributed by atoms with Crippen LogP contribution in [0.25, 0.3) is 0 Å². The van der Waals surface area contributed by atoms with Gasteiger partial charge in [0, 0.05) is 12.1 Å². The molecule has 16 heavy (non-hydrogen) atoms. The molecular weight excluding hydrogens is 313 g/mol. The van der Waals surface area contributed by atoms with E-state index in [1.54, 1.807) is 0 Å². The van der Waals surface area contributed by atoms with Gasteiger partial charge in [0.1, 0.15) is 0 Å². The highest BCUT2D eigenvalue weighted by Gasteiger charge is 2.05. The number of benzene rings is 1. The van der Waals surface area contributed by atoms with E-state index in [4.69, 9.17) is 0 Å². The van der Waals surface area contributed by atoms with E-state index >= 15 is 0 Å². The van der Waals surface area contributed by atoms with Gasteiger partial charge in [0.15, 0.2) is 0 Å². The SMILES string of the molecule is Cc1cc(C)cc(C(=O)NCCCCI)c1. The molecule has 2 nitrogen and oxygen atoms in total. The van der Waals surface area contributed by atoms with Crippen molar-refractivity contribution in [2.75, 3.05) is 11.0 Å². The van der Waals surface area contributed by atoms with Crippen LogP contribution in [0.4, 0.5) is 0 Å². The van der Waals surface area contributed by atoms with Crippen LogP contribution in [-0.4, -0.2) is 16.9 Å². The van der Waals surface area contributed by atoms with Crippen LogP contribution >= 0.6 is 22.6 Å². The molecule has 0 atom stereocenters. The minimum absolute atomic E-state index is 0.0419. The topological polar surface area (TPSA) is 29.1 Å². The smallest absolute Gasteiger partial charge is 0.251 e. The van der Waals surface area contributed by atoms with Crippen LogP contribution in [0.15, 0.2) is 18.2 Å². The largest absolute Gasteiger partial charge is 0.352 e. The van der Waals surface area contributed by atoms with Crippen molar-refractivity contribution < 1.29 is 4.79 Å². The molecule has 0 radical (unpaired) electrons. The molecule has 0 aliphatic rings. The van der Waals surface area contributed by atoms with Gasteiger partial charge in [-0.1, -0.05) is 39.8 Å². The molecule has 0 aromatic heterocycles. The van der Waals surface area contributed by atoms with Gasteiger partial charge in [-0.25, -0.2) is 0 Å². The molecular formula is C13H18INO. The summed E-state index contributed by atoms with van der Waals surface area (Å²) >= 11 is 2.35. The molecule has 1 rings (SSSR count). The second-order valence-electron chi connectivity index (χ2n) is 4.03. The Balaban J connectivity index is 2.52.